The minimum atomic E-state index is -0.928. The number of hydrogen-bond donors (Lipinski definition) is 1. The average molecular weight is 224 g/mol. The van der Waals surface area contributed by atoms with Gasteiger partial charge in [0.2, 0.25) is 5.12 Å². The van der Waals surface area contributed by atoms with Crippen LogP contribution in [0.5, 0.6) is 0 Å². The first-order chi connectivity index (χ1) is 6.91. The van der Waals surface area contributed by atoms with Crippen molar-refractivity contribution in [3.05, 3.63) is 30.3 Å². The summed E-state index contributed by atoms with van der Waals surface area (Å²) in [5, 5.41) is 9.54. The van der Waals surface area contributed by atoms with E-state index in [-0.39, 0.29) is 5.12 Å². The molecule has 0 heterocycles. The molecule has 1 rings (SSSR count). The van der Waals surface area contributed by atoms with Gasteiger partial charge in [0.1, 0.15) is 6.10 Å². The van der Waals surface area contributed by atoms with E-state index in [9.17, 15) is 9.90 Å². The van der Waals surface area contributed by atoms with Crippen molar-refractivity contribution in [1.29, 1.82) is 0 Å². The van der Waals surface area contributed by atoms with Crippen molar-refractivity contribution >= 4 is 16.9 Å². The SMILES string of the molecule is CC(C)(C)[C@@H](O)C(=O)Sc1ccccc1. The molecule has 1 aromatic rings. The van der Waals surface area contributed by atoms with E-state index in [1.807, 2.05) is 51.1 Å². The van der Waals surface area contributed by atoms with Gasteiger partial charge >= 0.3 is 0 Å². The van der Waals surface area contributed by atoms with Crippen LogP contribution in [0.2, 0.25) is 0 Å². The number of carbonyl (C=O) groups excluding carboxylic acids is 1. The van der Waals surface area contributed by atoms with E-state index in [0.717, 1.165) is 16.7 Å². The van der Waals surface area contributed by atoms with Crippen LogP contribution in [0.25, 0.3) is 0 Å². The minimum Gasteiger partial charge on any atom is -0.384 e. The number of rotatable bonds is 2. The minimum absolute atomic E-state index is 0.200. The van der Waals surface area contributed by atoms with E-state index in [0.29, 0.717) is 0 Å². The van der Waals surface area contributed by atoms with Crippen molar-refractivity contribution in [3.8, 4) is 0 Å². The van der Waals surface area contributed by atoms with E-state index >= 15 is 0 Å². The molecule has 0 aliphatic rings. The molecule has 1 atom stereocenters. The fourth-order valence-corrected chi connectivity index (χ4v) is 2.00. The highest BCUT2D eigenvalue weighted by Crippen LogP contribution is 2.27. The summed E-state index contributed by atoms with van der Waals surface area (Å²) < 4.78 is 0. The molecule has 0 fully saturated rings. The van der Waals surface area contributed by atoms with Crippen LogP contribution < -0.4 is 0 Å². The summed E-state index contributed by atoms with van der Waals surface area (Å²) in [6.07, 6.45) is -0.928. The second kappa shape index (κ2) is 4.81. The standard InChI is InChI=1S/C12H16O2S/c1-12(2,3)10(13)11(14)15-9-7-5-4-6-8-9/h4-8,10,13H,1-3H3/t10-/m0/s1. The van der Waals surface area contributed by atoms with E-state index in [1.54, 1.807) is 0 Å². The third kappa shape index (κ3) is 3.68. The number of aliphatic hydroxyl groups is 1. The Balaban J connectivity index is 2.65. The molecule has 3 heteroatoms. The Morgan fingerprint density at radius 3 is 2.27 bits per heavy atom. The van der Waals surface area contributed by atoms with Gasteiger partial charge in [-0.2, -0.15) is 0 Å². The molecule has 0 amide bonds. The fourth-order valence-electron chi connectivity index (χ4n) is 1.01. The molecule has 0 bridgehead atoms. The zero-order chi connectivity index (χ0) is 11.5. The summed E-state index contributed by atoms with van der Waals surface area (Å²) in [4.78, 5) is 12.5. The largest absolute Gasteiger partial charge is 0.384 e. The third-order valence-corrected chi connectivity index (χ3v) is 2.94. The lowest BCUT2D eigenvalue weighted by molar-refractivity contribution is -0.123. The summed E-state index contributed by atoms with van der Waals surface area (Å²) in [6.45, 7) is 5.54. The topological polar surface area (TPSA) is 37.3 Å². The zero-order valence-corrected chi connectivity index (χ0v) is 10.0. The molecule has 0 spiro atoms. The molecule has 0 aliphatic heterocycles. The van der Waals surface area contributed by atoms with Gasteiger partial charge in [-0.05, 0) is 29.3 Å². The summed E-state index contributed by atoms with van der Waals surface area (Å²) in [6, 6.07) is 9.36. The van der Waals surface area contributed by atoms with E-state index < -0.39 is 11.5 Å². The van der Waals surface area contributed by atoms with Crippen LogP contribution in [0.15, 0.2) is 35.2 Å². The first kappa shape index (κ1) is 12.3. The van der Waals surface area contributed by atoms with Crippen LogP contribution >= 0.6 is 11.8 Å². The van der Waals surface area contributed by atoms with Crippen molar-refractivity contribution in [2.75, 3.05) is 0 Å². The van der Waals surface area contributed by atoms with Gasteiger partial charge in [-0.1, -0.05) is 39.0 Å². The van der Waals surface area contributed by atoms with Crippen LogP contribution in [0.1, 0.15) is 20.8 Å². The van der Waals surface area contributed by atoms with E-state index in [1.165, 1.54) is 0 Å². The van der Waals surface area contributed by atoms with Gasteiger partial charge in [0.15, 0.2) is 0 Å². The van der Waals surface area contributed by atoms with Gasteiger partial charge < -0.3 is 5.11 Å². The highest BCUT2D eigenvalue weighted by Gasteiger charge is 2.29. The number of benzene rings is 1. The second-order valence-corrected chi connectivity index (χ2v) is 5.58. The van der Waals surface area contributed by atoms with Crippen molar-refractivity contribution in [2.45, 2.75) is 31.8 Å². The molecule has 0 saturated carbocycles. The average Bonchev–Trinajstić information content (AvgIpc) is 2.16. The first-order valence-corrected chi connectivity index (χ1v) is 5.68. The molecule has 0 saturated heterocycles. The predicted octanol–water partition coefficient (Wildman–Crippen LogP) is 2.71. The molecule has 0 radical (unpaired) electrons. The molecule has 15 heavy (non-hydrogen) atoms. The highest BCUT2D eigenvalue weighted by atomic mass is 32.2. The second-order valence-electron chi connectivity index (χ2n) is 4.50. The van der Waals surface area contributed by atoms with Crippen LogP contribution in [-0.2, 0) is 4.79 Å². The van der Waals surface area contributed by atoms with Crippen LogP contribution in [0, 0.1) is 5.41 Å². The van der Waals surface area contributed by atoms with Crippen molar-refractivity contribution in [2.24, 2.45) is 5.41 Å². The molecular formula is C12H16O2S. The lowest BCUT2D eigenvalue weighted by atomic mass is 9.90. The highest BCUT2D eigenvalue weighted by molar-refractivity contribution is 8.13. The maximum absolute atomic E-state index is 11.7. The smallest absolute Gasteiger partial charge is 0.222 e. The molecule has 0 unspecified atom stereocenters. The quantitative estimate of drug-likeness (QED) is 0.785. The summed E-state index contributed by atoms with van der Waals surface area (Å²) >= 11 is 1.09. The Kier molecular flexibility index (Phi) is 3.94. The summed E-state index contributed by atoms with van der Waals surface area (Å²) in [7, 11) is 0. The first-order valence-electron chi connectivity index (χ1n) is 4.86. The maximum Gasteiger partial charge on any atom is 0.222 e. The van der Waals surface area contributed by atoms with E-state index in [4.69, 9.17) is 0 Å². The fraction of sp³-hybridized carbons (Fsp3) is 0.417. The summed E-state index contributed by atoms with van der Waals surface area (Å²) in [5.41, 5.74) is -0.404. The van der Waals surface area contributed by atoms with Gasteiger partial charge in [-0.15, -0.1) is 0 Å². The molecule has 0 aliphatic carbocycles. The Morgan fingerprint density at radius 2 is 1.80 bits per heavy atom. The lowest BCUT2D eigenvalue weighted by Gasteiger charge is -2.23. The zero-order valence-electron chi connectivity index (χ0n) is 9.23. The normalized spacial score (nSPS) is 13.6. The third-order valence-electron chi connectivity index (χ3n) is 2.01. The van der Waals surface area contributed by atoms with Gasteiger partial charge in [0, 0.05) is 4.90 Å². The number of aliphatic hydroxyl groups excluding tert-OH is 1. The molecule has 2 nitrogen and oxygen atoms in total. The van der Waals surface area contributed by atoms with Crippen molar-refractivity contribution in [3.63, 3.8) is 0 Å². The van der Waals surface area contributed by atoms with E-state index in [2.05, 4.69) is 0 Å². The molecule has 1 N–H and O–H groups in total. The number of hydrogen-bond acceptors (Lipinski definition) is 3. The number of carbonyl (C=O) groups is 1. The van der Waals surface area contributed by atoms with Crippen LogP contribution in [0.3, 0.4) is 0 Å². The van der Waals surface area contributed by atoms with Gasteiger partial charge in [-0.25, -0.2) is 0 Å². The Labute approximate surface area is 94.7 Å². The van der Waals surface area contributed by atoms with Crippen LogP contribution in [-0.4, -0.2) is 16.3 Å². The Bertz CT molecular complexity index is 327. The van der Waals surface area contributed by atoms with Gasteiger partial charge in [0.25, 0.3) is 0 Å². The molecular weight excluding hydrogens is 208 g/mol. The van der Waals surface area contributed by atoms with Gasteiger partial charge in [0.05, 0.1) is 0 Å². The molecule has 0 aromatic heterocycles. The van der Waals surface area contributed by atoms with Crippen LogP contribution in [0.4, 0.5) is 0 Å². The summed E-state index contributed by atoms with van der Waals surface area (Å²) in [5.74, 6) is 0. The van der Waals surface area contributed by atoms with Crippen molar-refractivity contribution in [1.82, 2.24) is 0 Å². The predicted molar refractivity (Wildman–Crippen MR) is 62.8 cm³/mol. The lowest BCUT2D eigenvalue weighted by Crippen LogP contribution is -2.32. The maximum atomic E-state index is 11.7. The number of thioether (sulfide) groups is 1. The molecule has 1 aromatic carbocycles. The van der Waals surface area contributed by atoms with Gasteiger partial charge in [-0.3, -0.25) is 4.79 Å². The van der Waals surface area contributed by atoms with Crippen molar-refractivity contribution < 1.29 is 9.90 Å². The Morgan fingerprint density at radius 1 is 1.27 bits per heavy atom. The molecule has 82 valence electrons. The Hall–Kier alpha value is -0.800. The monoisotopic (exact) mass is 224 g/mol.